The molecule has 0 atom stereocenters. The lowest BCUT2D eigenvalue weighted by Gasteiger charge is -2.05. The normalized spacial score (nSPS) is 10.5. The highest BCUT2D eigenvalue weighted by atomic mass is 35.5. The Hall–Kier alpha value is -1.13. The van der Waals surface area contributed by atoms with E-state index < -0.39 is 0 Å². The van der Waals surface area contributed by atoms with Gasteiger partial charge in [0.1, 0.15) is 5.69 Å². The van der Waals surface area contributed by atoms with Gasteiger partial charge < -0.3 is 10.3 Å². The van der Waals surface area contributed by atoms with E-state index in [4.69, 9.17) is 21.9 Å². The van der Waals surface area contributed by atoms with Crippen LogP contribution in [-0.4, -0.2) is 11.4 Å². The van der Waals surface area contributed by atoms with Crippen molar-refractivity contribution in [1.29, 1.82) is 0 Å². The Labute approximate surface area is 96.6 Å². The zero-order chi connectivity index (χ0) is 10.8. The minimum absolute atomic E-state index is 0.289. The van der Waals surface area contributed by atoms with Gasteiger partial charge >= 0.3 is 0 Å². The number of rotatable bonds is 2. The second-order valence-electron chi connectivity index (χ2n) is 2.93. The number of thioether (sulfide) groups is 1. The average Bonchev–Trinajstić information content (AvgIpc) is 2.64. The summed E-state index contributed by atoms with van der Waals surface area (Å²) in [6.07, 6.45) is 1.98. The van der Waals surface area contributed by atoms with Gasteiger partial charge in [0.2, 0.25) is 5.88 Å². The predicted octanol–water partition coefficient (Wildman–Crippen LogP) is 3.30. The van der Waals surface area contributed by atoms with E-state index in [-0.39, 0.29) is 5.88 Å². The average molecular weight is 241 g/mol. The topological polar surface area (TPSA) is 52.0 Å². The number of halogens is 1. The quantitative estimate of drug-likeness (QED) is 0.819. The van der Waals surface area contributed by atoms with Crippen LogP contribution < -0.4 is 5.73 Å². The van der Waals surface area contributed by atoms with Crippen molar-refractivity contribution < 1.29 is 4.52 Å². The number of anilines is 1. The molecule has 0 bridgehead atoms. The maximum absolute atomic E-state index is 6.12. The van der Waals surface area contributed by atoms with Gasteiger partial charge in [-0.3, -0.25) is 0 Å². The number of aromatic nitrogens is 1. The maximum Gasteiger partial charge on any atom is 0.222 e. The number of nitrogens with zero attached hydrogens (tertiary/aromatic N) is 1. The molecule has 0 aliphatic heterocycles. The second-order valence-corrected chi connectivity index (χ2v) is 4.19. The van der Waals surface area contributed by atoms with Gasteiger partial charge in [-0.15, -0.1) is 11.8 Å². The molecule has 78 valence electrons. The van der Waals surface area contributed by atoms with E-state index in [9.17, 15) is 0 Å². The van der Waals surface area contributed by atoms with E-state index in [2.05, 4.69) is 5.16 Å². The summed E-state index contributed by atoms with van der Waals surface area (Å²) in [5.41, 5.74) is 7.02. The number of hydrogen-bond donors (Lipinski definition) is 1. The van der Waals surface area contributed by atoms with E-state index in [0.717, 1.165) is 10.5 Å². The second kappa shape index (κ2) is 4.16. The third-order valence-corrected chi connectivity index (χ3v) is 3.07. The fraction of sp³-hybridized carbons (Fsp3) is 0.100. The predicted molar refractivity (Wildman–Crippen MR) is 63.1 cm³/mol. The van der Waals surface area contributed by atoms with Crippen molar-refractivity contribution in [2.75, 3.05) is 12.0 Å². The van der Waals surface area contributed by atoms with Crippen molar-refractivity contribution in [3.8, 4) is 11.3 Å². The van der Waals surface area contributed by atoms with Crippen molar-refractivity contribution in [3.05, 3.63) is 29.3 Å². The monoisotopic (exact) mass is 240 g/mol. The van der Waals surface area contributed by atoms with Crippen molar-refractivity contribution in [3.63, 3.8) is 0 Å². The van der Waals surface area contributed by atoms with E-state index in [1.165, 1.54) is 0 Å². The third kappa shape index (κ3) is 1.96. The molecule has 5 heteroatoms. The molecule has 0 aliphatic rings. The third-order valence-electron chi connectivity index (χ3n) is 1.98. The lowest BCUT2D eigenvalue weighted by molar-refractivity contribution is 0.439. The summed E-state index contributed by atoms with van der Waals surface area (Å²) in [5, 5.41) is 4.51. The molecule has 1 aromatic heterocycles. The van der Waals surface area contributed by atoms with Crippen LogP contribution in [0.3, 0.4) is 0 Å². The maximum atomic E-state index is 6.12. The Balaban J connectivity index is 2.60. The number of hydrogen-bond acceptors (Lipinski definition) is 4. The zero-order valence-electron chi connectivity index (χ0n) is 8.03. The molecular weight excluding hydrogens is 232 g/mol. The van der Waals surface area contributed by atoms with Crippen LogP contribution in [0.2, 0.25) is 5.02 Å². The van der Waals surface area contributed by atoms with E-state index in [0.29, 0.717) is 10.7 Å². The summed E-state index contributed by atoms with van der Waals surface area (Å²) < 4.78 is 4.83. The molecule has 0 amide bonds. The molecule has 0 spiro atoms. The summed E-state index contributed by atoms with van der Waals surface area (Å²) in [4.78, 5) is 1.05. The van der Waals surface area contributed by atoms with E-state index in [1.807, 2.05) is 24.5 Å². The fourth-order valence-electron chi connectivity index (χ4n) is 1.33. The van der Waals surface area contributed by atoms with E-state index >= 15 is 0 Å². The summed E-state index contributed by atoms with van der Waals surface area (Å²) in [5.74, 6) is 0.289. The minimum Gasteiger partial charge on any atom is -0.368 e. The van der Waals surface area contributed by atoms with Gasteiger partial charge in [0.25, 0.3) is 0 Å². The zero-order valence-corrected chi connectivity index (χ0v) is 9.60. The summed E-state index contributed by atoms with van der Waals surface area (Å²) in [6.45, 7) is 0. The number of benzene rings is 1. The largest absolute Gasteiger partial charge is 0.368 e. The molecule has 2 rings (SSSR count). The Morgan fingerprint density at radius 3 is 2.87 bits per heavy atom. The van der Waals surface area contributed by atoms with Crippen LogP contribution in [-0.2, 0) is 0 Å². The first-order chi connectivity index (χ1) is 7.22. The van der Waals surface area contributed by atoms with Crippen molar-refractivity contribution in [2.45, 2.75) is 4.90 Å². The molecule has 3 nitrogen and oxygen atoms in total. The molecule has 1 aromatic carbocycles. The van der Waals surface area contributed by atoms with Crippen LogP contribution in [0.5, 0.6) is 0 Å². The van der Waals surface area contributed by atoms with Gasteiger partial charge in [-0.05, 0) is 18.4 Å². The molecule has 0 saturated heterocycles. The van der Waals surface area contributed by atoms with Gasteiger partial charge in [-0.25, -0.2) is 0 Å². The molecule has 0 aliphatic carbocycles. The first kappa shape index (κ1) is 10.4. The standard InChI is InChI=1S/C10H9ClN2OS/c1-15-8-4-2-3-6(11)10(8)7-5-9(12)14-13-7/h2-5H,12H2,1H3. The van der Waals surface area contributed by atoms with Crippen molar-refractivity contribution in [2.24, 2.45) is 0 Å². The van der Waals surface area contributed by atoms with Crippen LogP contribution in [0.4, 0.5) is 5.88 Å². The Kier molecular flexibility index (Phi) is 2.88. The van der Waals surface area contributed by atoms with Crippen LogP contribution in [0.25, 0.3) is 11.3 Å². The Bertz CT molecular complexity index is 484. The highest BCUT2D eigenvalue weighted by molar-refractivity contribution is 7.98. The van der Waals surface area contributed by atoms with Crippen molar-refractivity contribution in [1.82, 2.24) is 5.16 Å². The van der Waals surface area contributed by atoms with Gasteiger partial charge in [0, 0.05) is 16.5 Å². The molecule has 0 fully saturated rings. The first-order valence-electron chi connectivity index (χ1n) is 4.27. The smallest absolute Gasteiger partial charge is 0.222 e. The molecule has 0 saturated carbocycles. The fourth-order valence-corrected chi connectivity index (χ4v) is 2.29. The summed E-state index contributed by atoms with van der Waals surface area (Å²) >= 11 is 7.72. The molecule has 2 N–H and O–H groups in total. The van der Waals surface area contributed by atoms with Gasteiger partial charge in [-0.2, -0.15) is 0 Å². The lowest BCUT2D eigenvalue weighted by atomic mass is 10.1. The first-order valence-corrected chi connectivity index (χ1v) is 5.87. The van der Waals surface area contributed by atoms with Crippen LogP contribution in [0, 0.1) is 0 Å². The Morgan fingerprint density at radius 1 is 1.47 bits per heavy atom. The van der Waals surface area contributed by atoms with Crippen LogP contribution in [0.1, 0.15) is 0 Å². The van der Waals surface area contributed by atoms with Crippen molar-refractivity contribution >= 4 is 29.2 Å². The summed E-state index contributed by atoms with van der Waals surface area (Å²) in [6, 6.07) is 7.38. The minimum atomic E-state index is 0.289. The molecule has 15 heavy (non-hydrogen) atoms. The molecule has 0 unspecified atom stereocenters. The van der Waals surface area contributed by atoms with Gasteiger partial charge in [-0.1, -0.05) is 22.8 Å². The molecule has 0 radical (unpaired) electrons. The molecule has 1 heterocycles. The van der Waals surface area contributed by atoms with Crippen LogP contribution in [0.15, 0.2) is 33.7 Å². The number of nitrogen functional groups attached to an aromatic ring is 1. The highest BCUT2D eigenvalue weighted by Crippen LogP contribution is 2.35. The SMILES string of the molecule is CSc1cccc(Cl)c1-c1cc(N)on1. The van der Waals surface area contributed by atoms with E-state index in [1.54, 1.807) is 17.8 Å². The summed E-state index contributed by atoms with van der Waals surface area (Å²) in [7, 11) is 0. The number of nitrogens with two attached hydrogens (primary N) is 1. The molecule has 2 aromatic rings. The van der Waals surface area contributed by atoms with Gasteiger partial charge in [0.05, 0.1) is 5.02 Å². The Morgan fingerprint density at radius 2 is 2.27 bits per heavy atom. The molecular formula is C10H9ClN2OS. The van der Waals surface area contributed by atoms with Gasteiger partial charge in [0.15, 0.2) is 0 Å². The lowest BCUT2D eigenvalue weighted by Crippen LogP contribution is -1.83. The van der Waals surface area contributed by atoms with Crippen LogP contribution >= 0.6 is 23.4 Å². The highest BCUT2D eigenvalue weighted by Gasteiger charge is 2.12.